The van der Waals surface area contributed by atoms with Crippen LogP contribution in [0.25, 0.3) is 0 Å². The zero-order valence-electron chi connectivity index (χ0n) is 9.04. The number of carboxylic acid groups (broad SMARTS) is 1. The monoisotopic (exact) mass is 249 g/mol. The highest BCUT2D eigenvalue weighted by atomic mass is 19.4. The smallest absolute Gasteiger partial charge is 0.422 e. The van der Waals surface area contributed by atoms with Crippen molar-refractivity contribution in [2.24, 2.45) is 0 Å². The number of aliphatic carboxylic acids is 1. The second kappa shape index (κ2) is 4.19. The number of carboxylic acids is 1. The van der Waals surface area contributed by atoms with Crippen LogP contribution in [0.5, 0.6) is 0 Å². The van der Waals surface area contributed by atoms with Crippen LogP contribution in [0.2, 0.25) is 0 Å². The van der Waals surface area contributed by atoms with Crippen molar-refractivity contribution in [3.8, 4) is 0 Å². The lowest BCUT2D eigenvalue weighted by atomic mass is 10.0. The van der Waals surface area contributed by atoms with Gasteiger partial charge in [-0.2, -0.15) is 13.2 Å². The number of anilines is 1. The molecule has 1 heterocycles. The molecule has 1 atom stereocenters. The van der Waals surface area contributed by atoms with Gasteiger partial charge in [0, 0.05) is 6.20 Å². The van der Waals surface area contributed by atoms with E-state index in [4.69, 9.17) is 5.11 Å². The van der Waals surface area contributed by atoms with Gasteiger partial charge in [-0.3, -0.25) is 0 Å². The third-order valence-corrected chi connectivity index (χ3v) is 2.15. The highest BCUT2D eigenvalue weighted by molar-refractivity contribution is 5.83. The van der Waals surface area contributed by atoms with Crippen molar-refractivity contribution >= 4 is 11.8 Å². The predicted octanol–water partition coefficient (Wildman–Crippen LogP) is 1.60. The first kappa shape index (κ1) is 13.2. The van der Waals surface area contributed by atoms with Gasteiger partial charge in [0.2, 0.25) is 5.54 Å². The Morgan fingerprint density at radius 2 is 2.06 bits per heavy atom. The first-order valence-corrected chi connectivity index (χ1v) is 4.55. The highest BCUT2D eigenvalue weighted by Crippen LogP contribution is 2.33. The van der Waals surface area contributed by atoms with E-state index >= 15 is 0 Å². The molecule has 0 aliphatic heterocycles. The van der Waals surface area contributed by atoms with E-state index in [1.54, 1.807) is 0 Å². The third kappa shape index (κ3) is 2.63. The number of alkyl halides is 3. The number of hydrogen-bond donors (Lipinski definition) is 2. The first-order valence-electron chi connectivity index (χ1n) is 4.55. The quantitative estimate of drug-likeness (QED) is 0.851. The maximum atomic E-state index is 12.7. The normalized spacial score (nSPS) is 15.1. The van der Waals surface area contributed by atoms with E-state index in [1.807, 2.05) is 5.32 Å². The minimum Gasteiger partial charge on any atom is -0.479 e. The Kier molecular flexibility index (Phi) is 3.25. The summed E-state index contributed by atoms with van der Waals surface area (Å²) in [6.07, 6.45) is -3.71. The summed E-state index contributed by atoms with van der Waals surface area (Å²) in [6, 6.07) is 1.17. The van der Waals surface area contributed by atoms with E-state index in [0.717, 1.165) is 0 Å². The Hall–Kier alpha value is -1.86. The lowest BCUT2D eigenvalue weighted by molar-refractivity contribution is -0.192. The molecule has 0 saturated heterocycles. The van der Waals surface area contributed by atoms with Crippen LogP contribution in [-0.2, 0) is 4.79 Å². The molecule has 0 aromatic carbocycles. The van der Waals surface area contributed by atoms with Crippen molar-refractivity contribution in [1.29, 1.82) is 0 Å². The summed E-state index contributed by atoms with van der Waals surface area (Å²) in [4.78, 5) is 18.1. The molecule has 5 nitrogen and oxygen atoms in total. The van der Waals surface area contributed by atoms with Crippen molar-refractivity contribution in [2.75, 3.05) is 5.32 Å². The topological polar surface area (TPSA) is 75.1 Å². The number of hydrogen-bond acceptors (Lipinski definition) is 4. The van der Waals surface area contributed by atoms with Gasteiger partial charge in [-0.25, -0.2) is 14.8 Å². The van der Waals surface area contributed by atoms with Gasteiger partial charge < -0.3 is 10.4 Å². The molecule has 1 aromatic heterocycles. The molecule has 2 N–H and O–H groups in total. The molecular weight excluding hydrogens is 239 g/mol. The Balaban J connectivity index is 3.08. The highest BCUT2D eigenvalue weighted by Gasteiger charge is 2.57. The fourth-order valence-corrected chi connectivity index (χ4v) is 1.03. The van der Waals surface area contributed by atoms with Gasteiger partial charge in [-0.1, -0.05) is 0 Å². The summed E-state index contributed by atoms with van der Waals surface area (Å²) in [6.45, 7) is 2.02. The Morgan fingerprint density at radius 1 is 1.47 bits per heavy atom. The number of rotatable bonds is 3. The number of nitrogens with one attached hydrogen (secondary N) is 1. The van der Waals surface area contributed by atoms with Crippen LogP contribution in [0.4, 0.5) is 19.0 Å². The van der Waals surface area contributed by atoms with Gasteiger partial charge in [0.15, 0.2) is 0 Å². The van der Waals surface area contributed by atoms with Gasteiger partial charge in [0.1, 0.15) is 11.6 Å². The fraction of sp³-hybridized carbons (Fsp3) is 0.444. The van der Waals surface area contributed by atoms with E-state index in [9.17, 15) is 18.0 Å². The number of nitrogens with zero attached hydrogens (tertiary/aromatic N) is 2. The summed E-state index contributed by atoms with van der Waals surface area (Å²) in [5.41, 5.74) is -3.09. The van der Waals surface area contributed by atoms with E-state index < -0.39 is 17.7 Å². The maximum absolute atomic E-state index is 12.7. The van der Waals surface area contributed by atoms with E-state index in [1.165, 1.54) is 19.2 Å². The number of aryl methyl sites for hydroxylation is 1. The average molecular weight is 249 g/mol. The molecule has 0 aliphatic rings. The molecule has 1 aromatic rings. The zero-order valence-corrected chi connectivity index (χ0v) is 9.04. The minimum atomic E-state index is -4.95. The van der Waals surface area contributed by atoms with Gasteiger partial charge in [0.05, 0.1) is 0 Å². The van der Waals surface area contributed by atoms with Gasteiger partial charge >= 0.3 is 12.1 Å². The molecule has 17 heavy (non-hydrogen) atoms. The first-order chi connectivity index (χ1) is 7.67. The summed E-state index contributed by atoms with van der Waals surface area (Å²) < 4.78 is 38.0. The van der Waals surface area contributed by atoms with Gasteiger partial charge in [0.25, 0.3) is 0 Å². The standard InChI is InChI=1S/C9H10F3N3O2/c1-5-13-4-3-6(14-5)15-8(2,7(16)17)9(10,11)12/h3-4H,1-2H3,(H,16,17)(H,13,14,15). The maximum Gasteiger partial charge on any atom is 0.422 e. The van der Waals surface area contributed by atoms with Crippen LogP contribution in [0.15, 0.2) is 12.3 Å². The molecule has 0 fully saturated rings. The van der Waals surface area contributed by atoms with Crippen molar-refractivity contribution in [1.82, 2.24) is 9.97 Å². The molecule has 1 rings (SSSR count). The Bertz CT molecular complexity index is 436. The van der Waals surface area contributed by atoms with Crippen LogP contribution >= 0.6 is 0 Å². The molecule has 0 radical (unpaired) electrons. The van der Waals surface area contributed by atoms with Crippen molar-refractivity contribution in [3.63, 3.8) is 0 Å². The van der Waals surface area contributed by atoms with Crippen LogP contribution in [0, 0.1) is 6.92 Å². The van der Waals surface area contributed by atoms with Crippen molar-refractivity contribution in [2.45, 2.75) is 25.6 Å². The number of halogens is 3. The summed E-state index contributed by atoms with van der Waals surface area (Å²) >= 11 is 0. The van der Waals surface area contributed by atoms with Gasteiger partial charge in [-0.15, -0.1) is 0 Å². The molecule has 94 valence electrons. The Labute approximate surface area is 94.7 Å². The number of carbonyl (C=O) groups is 1. The summed E-state index contributed by atoms with van der Waals surface area (Å²) in [5.74, 6) is -1.98. The SMILES string of the molecule is Cc1nccc(NC(C)(C(=O)O)C(F)(F)F)n1. The lowest BCUT2D eigenvalue weighted by Gasteiger charge is -2.28. The van der Waals surface area contributed by atoms with Crippen LogP contribution in [0.3, 0.4) is 0 Å². The molecule has 0 aliphatic carbocycles. The van der Waals surface area contributed by atoms with E-state index in [-0.39, 0.29) is 11.6 Å². The van der Waals surface area contributed by atoms with Gasteiger partial charge in [-0.05, 0) is 19.9 Å². The van der Waals surface area contributed by atoms with E-state index in [2.05, 4.69) is 9.97 Å². The second-order valence-corrected chi connectivity index (χ2v) is 3.54. The lowest BCUT2D eigenvalue weighted by Crippen LogP contribution is -2.55. The number of aromatic nitrogens is 2. The molecule has 8 heteroatoms. The molecule has 0 saturated carbocycles. The molecule has 0 amide bonds. The van der Waals surface area contributed by atoms with Crippen LogP contribution in [-0.4, -0.2) is 32.8 Å². The summed E-state index contributed by atoms with van der Waals surface area (Å²) in [7, 11) is 0. The third-order valence-electron chi connectivity index (χ3n) is 2.15. The van der Waals surface area contributed by atoms with Crippen molar-refractivity contribution in [3.05, 3.63) is 18.1 Å². The molecule has 1 unspecified atom stereocenters. The largest absolute Gasteiger partial charge is 0.479 e. The molecule has 0 bridgehead atoms. The minimum absolute atomic E-state index is 0.195. The zero-order chi connectivity index (χ0) is 13.3. The Morgan fingerprint density at radius 3 is 2.47 bits per heavy atom. The predicted molar refractivity (Wildman–Crippen MR) is 52.5 cm³/mol. The van der Waals surface area contributed by atoms with Crippen LogP contribution < -0.4 is 5.32 Å². The summed E-state index contributed by atoms with van der Waals surface area (Å²) in [5, 5.41) is 10.5. The van der Waals surface area contributed by atoms with Crippen molar-refractivity contribution < 1.29 is 23.1 Å². The second-order valence-electron chi connectivity index (χ2n) is 3.54. The van der Waals surface area contributed by atoms with Crippen LogP contribution in [0.1, 0.15) is 12.7 Å². The molecular formula is C9H10F3N3O2. The molecule has 0 spiro atoms. The fourth-order valence-electron chi connectivity index (χ4n) is 1.03. The van der Waals surface area contributed by atoms with E-state index in [0.29, 0.717) is 6.92 Å². The average Bonchev–Trinajstić information content (AvgIpc) is 2.15.